The van der Waals surface area contributed by atoms with E-state index in [-0.39, 0.29) is 17.9 Å². The Labute approximate surface area is 159 Å². The first-order chi connectivity index (χ1) is 13.0. The first kappa shape index (κ1) is 19.1. The SMILES string of the molecule is CCCc1nc2ccccc2n1[C@H](C)C(=O)NCCc1nc(C(C)C)no1. The van der Waals surface area contributed by atoms with Gasteiger partial charge in [-0.25, -0.2) is 4.98 Å². The van der Waals surface area contributed by atoms with E-state index in [0.29, 0.717) is 24.7 Å². The second kappa shape index (κ2) is 8.33. The predicted octanol–water partition coefficient (Wildman–Crippen LogP) is 3.42. The fourth-order valence-corrected chi connectivity index (χ4v) is 3.09. The number of rotatable bonds is 8. The summed E-state index contributed by atoms with van der Waals surface area (Å²) in [7, 11) is 0. The maximum absolute atomic E-state index is 12.7. The van der Waals surface area contributed by atoms with Crippen LogP contribution in [0.1, 0.15) is 63.6 Å². The van der Waals surface area contributed by atoms with Gasteiger partial charge in [-0.05, 0) is 25.5 Å². The molecule has 0 fully saturated rings. The predicted molar refractivity (Wildman–Crippen MR) is 104 cm³/mol. The molecule has 7 heteroatoms. The Morgan fingerprint density at radius 3 is 2.67 bits per heavy atom. The van der Waals surface area contributed by atoms with Crippen LogP contribution in [0.2, 0.25) is 0 Å². The van der Waals surface area contributed by atoms with Crippen molar-refractivity contribution in [2.75, 3.05) is 6.54 Å². The molecule has 0 bridgehead atoms. The number of benzene rings is 1. The molecule has 0 saturated carbocycles. The molecule has 1 amide bonds. The molecule has 0 aliphatic heterocycles. The third-order valence-corrected chi connectivity index (χ3v) is 4.55. The van der Waals surface area contributed by atoms with E-state index in [0.717, 1.165) is 29.7 Å². The number of hydrogen-bond acceptors (Lipinski definition) is 5. The number of nitrogens with one attached hydrogen (secondary N) is 1. The van der Waals surface area contributed by atoms with Crippen LogP contribution in [0.5, 0.6) is 0 Å². The number of para-hydroxylation sites is 2. The van der Waals surface area contributed by atoms with Crippen LogP contribution in [-0.4, -0.2) is 32.1 Å². The molecule has 27 heavy (non-hydrogen) atoms. The highest BCUT2D eigenvalue weighted by molar-refractivity contribution is 5.84. The highest BCUT2D eigenvalue weighted by atomic mass is 16.5. The average molecular weight is 369 g/mol. The normalized spacial score (nSPS) is 12.6. The number of aryl methyl sites for hydroxylation is 1. The van der Waals surface area contributed by atoms with Crippen molar-refractivity contribution in [1.29, 1.82) is 0 Å². The summed E-state index contributed by atoms with van der Waals surface area (Å²) in [5, 5.41) is 6.92. The second-order valence-electron chi connectivity index (χ2n) is 7.05. The third-order valence-electron chi connectivity index (χ3n) is 4.55. The molecule has 1 atom stereocenters. The molecular formula is C20H27N5O2. The molecule has 0 spiro atoms. The Balaban J connectivity index is 1.68. The van der Waals surface area contributed by atoms with Crippen LogP contribution in [0.15, 0.2) is 28.8 Å². The number of aromatic nitrogens is 4. The van der Waals surface area contributed by atoms with Crippen molar-refractivity contribution < 1.29 is 9.32 Å². The smallest absolute Gasteiger partial charge is 0.242 e. The lowest BCUT2D eigenvalue weighted by molar-refractivity contribution is -0.123. The van der Waals surface area contributed by atoms with Gasteiger partial charge in [-0.3, -0.25) is 4.79 Å². The largest absolute Gasteiger partial charge is 0.354 e. The topological polar surface area (TPSA) is 85.8 Å². The standard InChI is InChI=1S/C20H27N5O2/c1-5-8-17-22-15-9-6-7-10-16(15)25(17)14(4)20(26)21-12-11-18-23-19(13(2)3)24-27-18/h6-7,9-10,13-14H,5,8,11-12H2,1-4H3,(H,21,26)/t14-/m1/s1. The molecule has 0 unspecified atom stereocenters. The molecule has 1 aromatic carbocycles. The molecular weight excluding hydrogens is 342 g/mol. The summed E-state index contributed by atoms with van der Waals surface area (Å²) < 4.78 is 7.26. The molecule has 0 aliphatic rings. The molecule has 0 aliphatic carbocycles. The average Bonchev–Trinajstić information content (AvgIpc) is 3.26. The van der Waals surface area contributed by atoms with Crippen LogP contribution in [0.3, 0.4) is 0 Å². The highest BCUT2D eigenvalue weighted by Gasteiger charge is 2.21. The third kappa shape index (κ3) is 4.18. The lowest BCUT2D eigenvalue weighted by Crippen LogP contribution is -2.33. The van der Waals surface area contributed by atoms with E-state index in [1.54, 1.807) is 0 Å². The summed E-state index contributed by atoms with van der Waals surface area (Å²) in [4.78, 5) is 21.8. The van der Waals surface area contributed by atoms with Gasteiger partial charge in [0.05, 0.1) is 11.0 Å². The number of carbonyl (C=O) groups excluding carboxylic acids is 1. The maximum atomic E-state index is 12.7. The van der Waals surface area contributed by atoms with Gasteiger partial charge in [-0.15, -0.1) is 0 Å². The van der Waals surface area contributed by atoms with Crippen LogP contribution in [0.4, 0.5) is 0 Å². The zero-order chi connectivity index (χ0) is 19.4. The first-order valence-corrected chi connectivity index (χ1v) is 9.57. The summed E-state index contributed by atoms with van der Waals surface area (Å²) in [6.07, 6.45) is 2.34. The van der Waals surface area contributed by atoms with E-state index in [1.165, 1.54) is 0 Å². The molecule has 0 saturated heterocycles. The van der Waals surface area contributed by atoms with Gasteiger partial charge in [0, 0.05) is 25.3 Å². The minimum absolute atomic E-state index is 0.0425. The number of amides is 1. The van der Waals surface area contributed by atoms with E-state index < -0.39 is 0 Å². The van der Waals surface area contributed by atoms with E-state index in [2.05, 4.69) is 22.4 Å². The van der Waals surface area contributed by atoms with E-state index in [9.17, 15) is 4.79 Å². The Morgan fingerprint density at radius 1 is 1.19 bits per heavy atom. The van der Waals surface area contributed by atoms with Gasteiger partial charge in [-0.2, -0.15) is 4.98 Å². The minimum Gasteiger partial charge on any atom is -0.354 e. The van der Waals surface area contributed by atoms with Gasteiger partial charge in [-0.1, -0.05) is 38.1 Å². The van der Waals surface area contributed by atoms with Crippen LogP contribution in [0.25, 0.3) is 11.0 Å². The van der Waals surface area contributed by atoms with Crippen molar-refractivity contribution in [2.24, 2.45) is 0 Å². The number of nitrogens with zero attached hydrogens (tertiary/aromatic N) is 4. The molecule has 7 nitrogen and oxygen atoms in total. The maximum Gasteiger partial charge on any atom is 0.242 e. The van der Waals surface area contributed by atoms with Gasteiger partial charge in [0.25, 0.3) is 0 Å². The fraction of sp³-hybridized carbons (Fsp3) is 0.500. The number of carbonyl (C=O) groups is 1. The first-order valence-electron chi connectivity index (χ1n) is 9.57. The Kier molecular flexibility index (Phi) is 5.88. The van der Waals surface area contributed by atoms with Crippen molar-refractivity contribution in [1.82, 2.24) is 25.0 Å². The summed E-state index contributed by atoms with van der Waals surface area (Å²) >= 11 is 0. The quantitative estimate of drug-likeness (QED) is 0.657. The fourth-order valence-electron chi connectivity index (χ4n) is 3.09. The molecule has 2 heterocycles. The van der Waals surface area contributed by atoms with Crippen LogP contribution in [0, 0.1) is 0 Å². The lowest BCUT2D eigenvalue weighted by Gasteiger charge is -2.17. The van der Waals surface area contributed by atoms with Crippen molar-refractivity contribution in [3.8, 4) is 0 Å². The van der Waals surface area contributed by atoms with E-state index in [1.807, 2.05) is 49.6 Å². The number of imidazole rings is 1. The summed E-state index contributed by atoms with van der Waals surface area (Å²) in [6, 6.07) is 7.60. The van der Waals surface area contributed by atoms with Gasteiger partial charge >= 0.3 is 0 Å². The van der Waals surface area contributed by atoms with Crippen molar-refractivity contribution in [3.63, 3.8) is 0 Å². The zero-order valence-electron chi connectivity index (χ0n) is 16.4. The highest BCUT2D eigenvalue weighted by Crippen LogP contribution is 2.22. The molecule has 1 N–H and O–H groups in total. The van der Waals surface area contributed by atoms with Crippen molar-refractivity contribution in [3.05, 3.63) is 41.8 Å². The number of hydrogen-bond donors (Lipinski definition) is 1. The van der Waals surface area contributed by atoms with Crippen LogP contribution < -0.4 is 5.32 Å². The van der Waals surface area contributed by atoms with Gasteiger partial charge in [0.2, 0.25) is 11.8 Å². The number of fused-ring (bicyclic) bond motifs is 1. The Morgan fingerprint density at radius 2 is 1.96 bits per heavy atom. The monoisotopic (exact) mass is 369 g/mol. The minimum atomic E-state index is -0.340. The molecule has 3 aromatic rings. The van der Waals surface area contributed by atoms with E-state index in [4.69, 9.17) is 9.51 Å². The van der Waals surface area contributed by atoms with Crippen molar-refractivity contribution in [2.45, 2.75) is 58.9 Å². The van der Waals surface area contributed by atoms with Gasteiger partial charge in [0.1, 0.15) is 11.9 Å². The Bertz CT molecular complexity index is 912. The lowest BCUT2D eigenvalue weighted by atomic mass is 10.2. The summed E-state index contributed by atoms with van der Waals surface area (Å²) in [6.45, 7) is 8.51. The van der Waals surface area contributed by atoms with Gasteiger partial charge < -0.3 is 14.4 Å². The molecule has 2 aromatic heterocycles. The molecule has 3 rings (SSSR count). The molecule has 0 radical (unpaired) electrons. The summed E-state index contributed by atoms with van der Waals surface area (Å²) in [5.41, 5.74) is 1.91. The van der Waals surface area contributed by atoms with Crippen LogP contribution in [-0.2, 0) is 17.6 Å². The zero-order valence-corrected chi connectivity index (χ0v) is 16.4. The Hall–Kier alpha value is -2.70. The molecule has 144 valence electrons. The van der Waals surface area contributed by atoms with Gasteiger partial charge in [0.15, 0.2) is 5.82 Å². The second-order valence-corrected chi connectivity index (χ2v) is 7.05. The van der Waals surface area contributed by atoms with Crippen molar-refractivity contribution >= 4 is 16.9 Å². The summed E-state index contributed by atoms with van der Waals surface area (Å²) in [5.74, 6) is 2.37. The van der Waals surface area contributed by atoms with Crippen LogP contribution >= 0.6 is 0 Å². The van der Waals surface area contributed by atoms with E-state index >= 15 is 0 Å².